The van der Waals surface area contributed by atoms with Gasteiger partial charge in [0, 0.05) is 13.8 Å². The first-order valence-corrected chi connectivity index (χ1v) is 6.25. The van der Waals surface area contributed by atoms with Crippen molar-refractivity contribution in [2.24, 2.45) is 0 Å². The first-order valence-electron chi connectivity index (χ1n) is 4.49. The predicted molar refractivity (Wildman–Crippen MR) is 65.7 cm³/mol. The number of hydrogen-bond donors (Lipinski definition) is 0. The molecule has 0 unspecified atom stereocenters. The summed E-state index contributed by atoms with van der Waals surface area (Å²) in [5.74, 6) is 0. The van der Waals surface area contributed by atoms with Gasteiger partial charge in [-0.2, -0.15) is 0 Å². The second kappa shape index (κ2) is 5.98. The fourth-order valence-corrected chi connectivity index (χ4v) is 3.27. The van der Waals surface area contributed by atoms with Crippen LogP contribution in [0.3, 0.4) is 0 Å². The largest absolute Gasteiger partial charge is 0.287 e. The van der Waals surface area contributed by atoms with Crippen LogP contribution in [-0.2, 0) is 9.59 Å². The standard InChI is InChI=1S/C11H12O2S2/c1-8(12)14-11(15-9(2)13)10-6-4-3-5-7-10/h3-7,11H,1-2H3. The molecule has 0 saturated carbocycles. The molecule has 0 saturated heterocycles. The molecule has 0 atom stereocenters. The van der Waals surface area contributed by atoms with Gasteiger partial charge in [-0.05, 0) is 5.56 Å². The summed E-state index contributed by atoms with van der Waals surface area (Å²) in [7, 11) is 0. The molecule has 0 bridgehead atoms. The second-order valence-electron chi connectivity index (χ2n) is 2.96. The van der Waals surface area contributed by atoms with Gasteiger partial charge in [0.25, 0.3) is 0 Å². The summed E-state index contributed by atoms with van der Waals surface area (Å²) in [6.45, 7) is 3.03. The van der Waals surface area contributed by atoms with Crippen LogP contribution < -0.4 is 0 Å². The van der Waals surface area contributed by atoms with Crippen LogP contribution in [0.15, 0.2) is 30.3 Å². The number of carbonyl (C=O) groups excluding carboxylic acids is 2. The summed E-state index contributed by atoms with van der Waals surface area (Å²) in [5, 5.41) is 0.0511. The molecule has 0 N–H and O–H groups in total. The summed E-state index contributed by atoms with van der Waals surface area (Å²) in [6, 6.07) is 9.58. The minimum absolute atomic E-state index is 0.0256. The van der Waals surface area contributed by atoms with Crippen LogP contribution in [0.1, 0.15) is 24.0 Å². The third-order valence-corrected chi connectivity index (χ3v) is 3.83. The quantitative estimate of drug-likeness (QED) is 0.760. The van der Waals surface area contributed by atoms with Gasteiger partial charge in [0.05, 0.1) is 4.58 Å². The highest BCUT2D eigenvalue weighted by molar-refractivity contribution is 8.29. The van der Waals surface area contributed by atoms with E-state index in [0.29, 0.717) is 0 Å². The van der Waals surface area contributed by atoms with Crippen molar-refractivity contribution < 1.29 is 9.59 Å². The molecule has 0 aliphatic carbocycles. The van der Waals surface area contributed by atoms with Crippen molar-refractivity contribution in [3.05, 3.63) is 35.9 Å². The zero-order valence-corrected chi connectivity index (χ0v) is 10.2. The topological polar surface area (TPSA) is 34.1 Å². The third kappa shape index (κ3) is 4.53. The van der Waals surface area contributed by atoms with Gasteiger partial charge in [-0.25, -0.2) is 0 Å². The maximum atomic E-state index is 11.0. The van der Waals surface area contributed by atoms with Gasteiger partial charge in [-0.1, -0.05) is 53.9 Å². The Bertz CT molecular complexity index is 333. The molecule has 0 amide bonds. The van der Waals surface area contributed by atoms with E-state index >= 15 is 0 Å². The molecule has 0 aromatic heterocycles. The lowest BCUT2D eigenvalue weighted by Crippen LogP contribution is -1.96. The van der Waals surface area contributed by atoms with Crippen molar-refractivity contribution in [2.75, 3.05) is 0 Å². The Morgan fingerprint density at radius 1 is 1.00 bits per heavy atom. The zero-order chi connectivity index (χ0) is 11.3. The minimum atomic E-state index is -0.124. The van der Waals surface area contributed by atoms with E-state index in [1.807, 2.05) is 30.3 Å². The third-order valence-electron chi connectivity index (χ3n) is 1.62. The number of hydrogen-bond acceptors (Lipinski definition) is 4. The van der Waals surface area contributed by atoms with Gasteiger partial charge >= 0.3 is 0 Å². The lowest BCUT2D eigenvalue weighted by Gasteiger charge is -2.12. The van der Waals surface area contributed by atoms with Crippen LogP contribution in [0.25, 0.3) is 0 Å². The number of thioether (sulfide) groups is 2. The number of carbonyl (C=O) groups is 2. The highest BCUT2D eigenvalue weighted by Crippen LogP contribution is 2.39. The van der Waals surface area contributed by atoms with Crippen LogP contribution in [0.4, 0.5) is 0 Å². The van der Waals surface area contributed by atoms with Crippen molar-refractivity contribution in [3.8, 4) is 0 Å². The molecule has 1 aromatic carbocycles. The van der Waals surface area contributed by atoms with Crippen LogP contribution in [0.2, 0.25) is 0 Å². The van der Waals surface area contributed by atoms with E-state index in [4.69, 9.17) is 0 Å². The molecular formula is C11H12O2S2. The molecule has 0 heterocycles. The Morgan fingerprint density at radius 2 is 1.47 bits per heavy atom. The first-order chi connectivity index (χ1) is 7.09. The first kappa shape index (κ1) is 12.3. The molecule has 15 heavy (non-hydrogen) atoms. The van der Waals surface area contributed by atoms with Crippen LogP contribution in [0.5, 0.6) is 0 Å². The maximum Gasteiger partial charge on any atom is 0.187 e. The van der Waals surface area contributed by atoms with E-state index < -0.39 is 0 Å². The highest BCUT2D eigenvalue weighted by atomic mass is 32.2. The van der Waals surface area contributed by atoms with Gasteiger partial charge in [0.2, 0.25) is 0 Å². The molecule has 0 spiro atoms. The number of rotatable bonds is 3. The van der Waals surface area contributed by atoms with E-state index in [0.717, 1.165) is 5.56 Å². The predicted octanol–water partition coefficient (Wildman–Crippen LogP) is 3.24. The van der Waals surface area contributed by atoms with E-state index in [1.54, 1.807) is 0 Å². The molecule has 0 radical (unpaired) electrons. The van der Waals surface area contributed by atoms with Crippen molar-refractivity contribution in [1.82, 2.24) is 0 Å². The lowest BCUT2D eigenvalue weighted by molar-refractivity contribution is -0.109. The average molecular weight is 240 g/mol. The Labute approximate surface area is 97.8 Å². The molecule has 0 fully saturated rings. The molecule has 1 aromatic rings. The Balaban J connectivity index is 2.81. The van der Waals surface area contributed by atoms with Gasteiger partial charge < -0.3 is 0 Å². The average Bonchev–Trinajstić information content (AvgIpc) is 2.17. The molecule has 80 valence electrons. The SMILES string of the molecule is CC(=O)SC(SC(C)=O)c1ccccc1. The van der Waals surface area contributed by atoms with Gasteiger partial charge in [0.1, 0.15) is 0 Å². The Morgan fingerprint density at radius 3 is 1.87 bits per heavy atom. The number of benzene rings is 1. The van der Waals surface area contributed by atoms with E-state index in [1.165, 1.54) is 37.4 Å². The van der Waals surface area contributed by atoms with Crippen LogP contribution in [0, 0.1) is 0 Å². The molecule has 0 aliphatic heterocycles. The Hall–Kier alpha value is -0.740. The summed E-state index contributed by atoms with van der Waals surface area (Å²) in [5.41, 5.74) is 0.998. The molecular weight excluding hydrogens is 228 g/mol. The fourth-order valence-electron chi connectivity index (χ4n) is 1.07. The van der Waals surface area contributed by atoms with E-state index in [2.05, 4.69) is 0 Å². The smallest absolute Gasteiger partial charge is 0.187 e. The Kier molecular flexibility index (Phi) is 4.91. The van der Waals surface area contributed by atoms with E-state index in [9.17, 15) is 9.59 Å². The van der Waals surface area contributed by atoms with Crippen LogP contribution >= 0.6 is 23.5 Å². The summed E-state index contributed by atoms with van der Waals surface area (Å²) < 4.78 is -0.124. The van der Waals surface area contributed by atoms with Crippen LogP contribution in [-0.4, -0.2) is 10.2 Å². The molecule has 2 nitrogen and oxygen atoms in total. The lowest BCUT2D eigenvalue weighted by atomic mass is 10.2. The van der Waals surface area contributed by atoms with E-state index in [-0.39, 0.29) is 14.8 Å². The molecule has 4 heteroatoms. The van der Waals surface area contributed by atoms with Crippen molar-refractivity contribution in [1.29, 1.82) is 0 Å². The van der Waals surface area contributed by atoms with Crippen molar-refractivity contribution >= 4 is 33.8 Å². The maximum absolute atomic E-state index is 11.0. The summed E-state index contributed by atoms with van der Waals surface area (Å²) >= 11 is 2.37. The van der Waals surface area contributed by atoms with Crippen molar-refractivity contribution in [2.45, 2.75) is 18.4 Å². The molecule has 1 rings (SSSR count). The normalized spacial score (nSPS) is 10.3. The van der Waals surface area contributed by atoms with Gasteiger partial charge in [-0.15, -0.1) is 0 Å². The van der Waals surface area contributed by atoms with Gasteiger partial charge in [0.15, 0.2) is 10.2 Å². The van der Waals surface area contributed by atoms with Crippen molar-refractivity contribution in [3.63, 3.8) is 0 Å². The second-order valence-corrected chi connectivity index (χ2v) is 5.82. The zero-order valence-electron chi connectivity index (χ0n) is 8.60. The summed E-state index contributed by atoms with van der Waals surface area (Å²) in [4.78, 5) is 22.1. The highest BCUT2D eigenvalue weighted by Gasteiger charge is 2.16. The minimum Gasteiger partial charge on any atom is -0.287 e. The summed E-state index contributed by atoms with van der Waals surface area (Å²) in [6.07, 6.45) is 0. The monoisotopic (exact) mass is 240 g/mol. The van der Waals surface area contributed by atoms with Gasteiger partial charge in [-0.3, -0.25) is 9.59 Å². The fraction of sp³-hybridized carbons (Fsp3) is 0.273. The molecule has 0 aliphatic rings.